The molecular weight excluding hydrogens is 200 g/mol. The highest BCUT2D eigenvalue weighted by Crippen LogP contribution is 2.29. The van der Waals surface area contributed by atoms with E-state index in [4.69, 9.17) is 0 Å². The van der Waals surface area contributed by atoms with Gasteiger partial charge in [-0.1, -0.05) is 50.5 Å². The van der Waals surface area contributed by atoms with Gasteiger partial charge in [-0.05, 0) is 18.9 Å². The lowest BCUT2D eigenvalue weighted by molar-refractivity contribution is 0.403. The van der Waals surface area contributed by atoms with Gasteiger partial charge in [0.1, 0.15) is 0 Å². The van der Waals surface area contributed by atoms with Crippen molar-refractivity contribution in [2.24, 2.45) is 0 Å². The number of hydrogen-bond donors (Lipinski definition) is 2. The van der Waals surface area contributed by atoms with E-state index in [2.05, 4.69) is 6.92 Å². The molecule has 0 unspecified atom stereocenters. The van der Waals surface area contributed by atoms with Crippen LogP contribution in [0.4, 0.5) is 0 Å². The lowest BCUT2D eigenvalue weighted by atomic mass is 10.1. The molecule has 88 valence electrons. The van der Waals surface area contributed by atoms with Gasteiger partial charge in [-0.3, -0.25) is 0 Å². The summed E-state index contributed by atoms with van der Waals surface area (Å²) in [6, 6.07) is 5.00. The summed E-state index contributed by atoms with van der Waals surface area (Å²) in [6.07, 6.45) is 9.90. The van der Waals surface area contributed by atoms with Crippen LogP contribution in [0.15, 0.2) is 24.3 Å². The Morgan fingerprint density at radius 1 is 1.12 bits per heavy atom. The van der Waals surface area contributed by atoms with Crippen LogP contribution in [-0.4, -0.2) is 10.2 Å². The molecule has 16 heavy (non-hydrogen) atoms. The van der Waals surface area contributed by atoms with Crippen molar-refractivity contribution < 1.29 is 10.2 Å². The third-order valence-corrected chi connectivity index (χ3v) is 2.57. The van der Waals surface area contributed by atoms with Crippen LogP contribution in [-0.2, 0) is 0 Å². The quantitative estimate of drug-likeness (QED) is 0.560. The second-order valence-electron chi connectivity index (χ2n) is 3.97. The molecule has 0 aliphatic rings. The Morgan fingerprint density at radius 3 is 2.69 bits per heavy atom. The number of unbranched alkanes of at least 4 members (excludes halogenated alkanes) is 4. The van der Waals surface area contributed by atoms with Crippen molar-refractivity contribution in [2.45, 2.75) is 39.0 Å². The van der Waals surface area contributed by atoms with Crippen molar-refractivity contribution >= 4 is 6.08 Å². The van der Waals surface area contributed by atoms with E-state index in [1.54, 1.807) is 12.1 Å². The SMILES string of the molecule is CCCCCCC=Cc1cccc(O)c1O. The summed E-state index contributed by atoms with van der Waals surface area (Å²) >= 11 is 0. The number of phenols is 2. The highest BCUT2D eigenvalue weighted by Gasteiger charge is 2.01. The zero-order valence-corrected chi connectivity index (χ0v) is 9.82. The Morgan fingerprint density at radius 2 is 1.94 bits per heavy atom. The van der Waals surface area contributed by atoms with Crippen LogP contribution in [0.1, 0.15) is 44.6 Å². The molecule has 0 radical (unpaired) electrons. The molecule has 0 heterocycles. The van der Waals surface area contributed by atoms with Gasteiger partial charge in [0.15, 0.2) is 11.5 Å². The van der Waals surface area contributed by atoms with E-state index in [0.29, 0.717) is 5.56 Å². The monoisotopic (exact) mass is 220 g/mol. The molecule has 1 aromatic rings. The Bertz CT molecular complexity index is 343. The van der Waals surface area contributed by atoms with Crippen LogP contribution < -0.4 is 0 Å². The number of aromatic hydroxyl groups is 2. The molecule has 0 aliphatic carbocycles. The molecule has 2 heteroatoms. The number of hydrogen-bond acceptors (Lipinski definition) is 2. The fourth-order valence-electron chi connectivity index (χ4n) is 1.58. The summed E-state index contributed by atoms with van der Waals surface area (Å²) in [4.78, 5) is 0. The fourth-order valence-corrected chi connectivity index (χ4v) is 1.58. The Balaban J connectivity index is 2.41. The van der Waals surface area contributed by atoms with Gasteiger partial charge in [0.25, 0.3) is 0 Å². The maximum atomic E-state index is 9.54. The van der Waals surface area contributed by atoms with Gasteiger partial charge in [0.05, 0.1) is 0 Å². The molecule has 0 spiro atoms. The average Bonchev–Trinajstić information content (AvgIpc) is 2.29. The summed E-state index contributed by atoms with van der Waals surface area (Å²) in [7, 11) is 0. The van der Waals surface area contributed by atoms with E-state index < -0.39 is 0 Å². The van der Waals surface area contributed by atoms with Gasteiger partial charge in [-0.15, -0.1) is 0 Å². The van der Waals surface area contributed by atoms with Gasteiger partial charge in [0.2, 0.25) is 0 Å². The van der Waals surface area contributed by atoms with Crippen molar-refractivity contribution in [3.05, 3.63) is 29.8 Å². The molecule has 0 saturated heterocycles. The number of phenolic OH excluding ortho intramolecular Hbond substituents is 2. The summed E-state index contributed by atoms with van der Waals surface area (Å²) < 4.78 is 0. The van der Waals surface area contributed by atoms with Crippen molar-refractivity contribution in [1.82, 2.24) is 0 Å². The highest BCUT2D eigenvalue weighted by atomic mass is 16.3. The van der Waals surface area contributed by atoms with Crippen molar-refractivity contribution in [3.8, 4) is 11.5 Å². The third kappa shape index (κ3) is 3.97. The van der Waals surface area contributed by atoms with Gasteiger partial charge in [0, 0.05) is 5.56 Å². The van der Waals surface area contributed by atoms with E-state index in [-0.39, 0.29) is 11.5 Å². The topological polar surface area (TPSA) is 40.5 Å². The van der Waals surface area contributed by atoms with E-state index >= 15 is 0 Å². The largest absolute Gasteiger partial charge is 0.504 e. The number of para-hydroxylation sites is 1. The van der Waals surface area contributed by atoms with Crippen LogP contribution in [0.5, 0.6) is 11.5 Å². The van der Waals surface area contributed by atoms with E-state index in [9.17, 15) is 10.2 Å². The number of rotatable bonds is 6. The molecule has 2 nitrogen and oxygen atoms in total. The first kappa shape index (κ1) is 12.6. The molecule has 0 atom stereocenters. The Hall–Kier alpha value is -1.44. The minimum Gasteiger partial charge on any atom is -0.504 e. The molecule has 1 rings (SSSR count). The first-order valence-corrected chi connectivity index (χ1v) is 5.93. The fraction of sp³-hybridized carbons (Fsp3) is 0.429. The first-order valence-electron chi connectivity index (χ1n) is 5.93. The molecule has 0 amide bonds. The van der Waals surface area contributed by atoms with Gasteiger partial charge >= 0.3 is 0 Å². The molecule has 2 N–H and O–H groups in total. The molecule has 0 fully saturated rings. The molecule has 0 bridgehead atoms. The van der Waals surface area contributed by atoms with Crippen LogP contribution in [0.2, 0.25) is 0 Å². The molecule has 1 aromatic carbocycles. The lowest BCUT2D eigenvalue weighted by Crippen LogP contribution is -1.76. The second kappa shape index (κ2) is 6.94. The minimum absolute atomic E-state index is 0.0349. The second-order valence-corrected chi connectivity index (χ2v) is 3.97. The summed E-state index contributed by atoms with van der Waals surface area (Å²) in [6.45, 7) is 2.20. The van der Waals surface area contributed by atoms with Gasteiger partial charge in [-0.2, -0.15) is 0 Å². The van der Waals surface area contributed by atoms with Gasteiger partial charge in [-0.25, -0.2) is 0 Å². The molecule has 0 aromatic heterocycles. The maximum Gasteiger partial charge on any atom is 0.164 e. The van der Waals surface area contributed by atoms with E-state index in [1.165, 1.54) is 31.7 Å². The predicted octanol–water partition coefficient (Wildman–Crippen LogP) is 4.08. The van der Waals surface area contributed by atoms with Crippen LogP contribution in [0, 0.1) is 0 Å². The van der Waals surface area contributed by atoms with E-state index in [0.717, 1.165) is 6.42 Å². The maximum absolute atomic E-state index is 9.54. The number of allylic oxidation sites excluding steroid dienone is 1. The Labute approximate surface area is 97.2 Å². The standard InChI is InChI=1S/C14H20O2/c1-2-3-4-5-6-7-9-12-10-8-11-13(15)14(12)16/h7-11,15-16H,2-6H2,1H3. The smallest absolute Gasteiger partial charge is 0.164 e. The summed E-state index contributed by atoms with van der Waals surface area (Å²) in [5.74, 6) is -0.0968. The van der Waals surface area contributed by atoms with Crippen molar-refractivity contribution in [3.63, 3.8) is 0 Å². The first-order chi connectivity index (χ1) is 7.75. The molecule has 0 aliphatic heterocycles. The normalized spacial score (nSPS) is 11.1. The lowest BCUT2D eigenvalue weighted by Gasteiger charge is -2.00. The summed E-state index contributed by atoms with van der Waals surface area (Å²) in [5.41, 5.74) is 0.676. The van der Waals surface area contributed by atoms with Crippen LogP contribution >= 0.6 is 0 Å². The summed E-state index contributed by atoms with van der Waals surface area (Å²) in [5, 5.41) is 18.8. The average molecular weight is 220 g/mol. The van der Waals surface area contributed by atoms with Crippen molar-refractivity contribution in [1.29, 1.82) is 0 Å². The van der Waals surface area contributed by atoms with Crippen molar-refractivity contribution in [2.75, 3.05) is 0 Å². The highest BCUT2D eigenvalue weighted by molar-refractivity contribution is 5.61. The van der Waals surface area contributed by atoms with Gasteiger partial charge < -0.3 is 10.2 Å². The van der Waals surface area contributed by atoms with Crippen LogP contribution in [0.3, 0.4) is 0 Å². The predicted molar refractivity (Wildman–Crippen MR) is 67.6 cm³/mol. The van der Waals surface area contributed by atoms with Crippen LogP contribution in [0.25, 0.3) is 6.08 Å². The minimum atomic E-state index is -0.0619. The van der Waals surface area contributed by atoms with E-state index in [1.807, 2.05) is 12.2 Å². The molecule has 0 saturated carbocycles. The third-order valence-electron chi connectivity index (χ3n) is 2.57. The molecular formula is C14H20O2. The zero-order chi connectivity index (χ0) is 11.8. The Kier molecular flexibility index (Phi) is 5.48. The number of benzene rings is 1. The zero-order valence-electron chi connectivity index (χ0n) is 9.82.